The highest BCUT2D eigenvalue weighted by molar-refractivity contribution is 5.79. The Morgan fingerprint density at radius 2 is 1.78 bits per heavy atom. The van der Waals surface area contributed by atoms with Crippen molar-refractivity contribution in [1.82, 2.24) is 14.5 Å². The van der Waals surface area contributed by atoms with Gasteiger partial charge in [0.05, 0.1) is 16.7 Å². The lowest BCUT2D eigenvalue weighted by atomic mass is 10.2. The van der Waals surface area contributed by atoms with E-state index in [9.17, 15) is 4.39 Å². The highest BCUT2D eigenvalue weighted by atomic mass is 19.1. The SMILES string of the molecule is Cn1c(CN=C(N)N2CCN(c3ccccc3F)CC2)nc2ccccc21. The predicted molar refractivity (Wildman–Crippen MR) is 106 cm³/mol. The second-order valence-electron chi connectivity index (χ2n) is 6.68. The van der Waals surface area contributed by atoms with Gasteiger partial charge in [0.1, 0.15) is 18.2 Å². The van der Waals surface area contributed by atoms with Gasteiger partial charge in [-0.05, 0) is 24.3 Å². The first-order valence-corrected chi connectivity index (χ1v) is 9.08. The van der Waals surface area contributed by atoms with Crippen molar-refractivity contribution < 1.29 is 4.39 Å². The predicted octanol–water partition coefficient (Wildman–Crippen LogP) is 2.35. The summed E-state index contributed by atoms with van der Waals surface area (Å²) in [6.07, 6.45) is 0. The van der Waals surface area contributed by atoms with Gasteiger partial charge in [-0.1, -0.05) is 24.3 Å². The van der Waals surface area contributed by atoms with Gasteiger partial charge in [-0.25, -0.2) is 14.4 Å². The summed E-state index contributed by atoms with van der Waals surface area (Å²) in [4.78, 5) is 13.2. The average molecular weight is 366 g/mol. The maximum absolute atomic E-state index is 14.0. The number of aryl methyl sites for hydroxylation is 1. The summed E-state index contributed by atoms with van der Waals surface area (Å²) in [5.41, 5.74) is 8.89. The first-order valence-electron chi connectivity index (χ1n) is 9.08. The molecule has 2 aromatic carbocycles. The van der Waals surface area contributed by atoms with E-state index in [0.717, 1.165) is 16.9 Å². The molecule has 140 valence electrons. The van der Waals surface area contributed by atoms with Crippen LogP contribution in [0.3, 0.4) is 0 Å². The summed E-state index contributed by atoms with van der Waals surface area (Å²) < 4.78 is 16.0. The van der Waals surface area contributed by atoms with Crippen molar-refractivity contribution in [3.63, 3.8) is 0 Å². The van der Waals surface area contributed by atoms with Crippen molar-refractivity contribution in [2.24, 2.45) is 17.8 Å². The number of halogens is 1. The maximum Gasteiger partial charge on any atom is 0.191 e. The first-order chi connectivity index (χ1) is 13.1. The smallest absolute Gasteiger partial charge is 0.191 e. The Kier molecular flexibility index (Phi) is 4.66. The first kappa shape index (κ1) is 17.3. The van der Waals surface area contributed by atoms with E-state index in [1.807, 2.05) is 57.8 Å². The molecule has 0 saturated carbocycles. The Morgan fingerprint density at radius 3 is 2.52 bits per heavy atom. The van der Waals surface area contributed by atoms with Crippen LogP contribution in [0.4, 0.5) is 10.1 Å². The van der Waals surface area contributed by atoms with Crippen molar-refractivity contribution in [1.29, 1.82) is 0 Å². The molecule has 4 rings (SSSR count). The molecule has 1 aliphatic rings. The molecule has 2 N–H and O–H groups in total. The number of imidazole rings is 1. The molecule has 1 aromatic heterocycles. The van der Waals surface area contributed by atoms with Crippen LogP contribution in [0.1, 0.15) is 5.82 Å². The fourth-order valence-corrected chi connectivity index (χ4v) is 3.47. The van der Waals surface area contributed by atoms with Gasteiger partial charge in [-0.2, -0.15) is 0 Å². The molecule has 7 heteroatoms. The number of aliphatic imine (C=N–C) groups is 1. The zero-order chi connectivity index (χ0) is 18.8. The Bertz CT molecular complexity index is 972. The summed E-state index contributed by atoms with van der Waals surface area (Å²) in [6, 6.07) is 14.9. The van der Waals surface area contributed by atoms with E-state index in [1.54, 1.807) is 6.07 Å². The molecule has 0 aliphatic carbocycles. The highest BCUT2D eigenvalue weighted by Crippen LogP contribution is 2.20. The summed E-state index contributed by atoms with van der Waals surface area (Å²) in [7, 11) is 1.99. The van der Waals surface area contributed by atoms with Crippen LogP contribution in [-0.4, -0.2) is 46.6 Å². The number of nitrogens with zero attached hydrogens (tertiary/aromatic N) is 5. The number of fused-ring (bicyclic) bond motifs is 1. The molecule has 3 aromatic rings. The Balaban J connectivity index is 1.41. The third kappa shape index (κ3) is 3.45. The van der Waals surface area contributed by atoms with Crippen LogP contribution in [0.5, 0.6) is 0 Å². The van der Waals surface area contributed by atoms with Crippen LogP contribution < -0.4 is 10.6 Å². The number of para-hydroxylation sites is 3. The van der Waals surface area contributed by atoms with E-state index in [1.165, 1.54) is 6.07 Å². The number of hydrogen-bond donors (Lipinski definition) is 1. The van der Waals surface area contributed by atoms with E-state index in [2.05, 4.69) is 9.98 Å². The largest absolute Gasteiger partial charge is 0.370 e. The van der Waals surface area contributed by atoms with Gasteiger partial charge in [0.2, 0.25) is 0 Å². The fourth-order valence-electron chi connectivity index (χ4n) is 3.47. The number of aromatic nitrogens is 2. The number of anilines is 1. The van der Waals surface area contributed by atoms with Crippen molar-refractivity contribution in [2.45, 2.75) is 6.54 Å². The van der Waals surface area contributed by atoms with E-state index < -0.39 is 0 Å². The third-order valence-corrected chi connectivity index (χ3v) is 5.06. The monoisotopic (exact) mass is 366 g/mol. The third-order valence-electron chi connectivity index (χ3n) is 5.06. The van der Waals surface area contributed by atoms with Gasteiger partial charge in [0.25, 0.3) is 0 Å². The van der Waals surface area contributed by atoms with Crippen LogP contribution in [-0.2, 0) is 13.6 Å². The molecule has 1 saturated heterocycles. The van der Waals surface area contributed by atoms with E-state index in [4.69, 9.17) is 5.73 Å². The summed E-state index contributed by atoms with van der Waals surface area (Å²) >= 11 is 0. The van der Waals surface area contributed by atoms with E-state index >= 15 is 0 Å². The number of guanidine groups is 1. The second-order valence-corrected chi connectivity index (χ2v) is 6.68. The van der Waals surface area contributed by atoms with E-state index in [-0.39, 0.29) is 5.82 Å². The summed E-state index contributed by atoms with van der Waals surface area (Å²) in [6.45, 7) is 3.29. The topological polar surface area (TPSA) is 62.7 Å². The molecule has 0 spiro atoms. The minimum atomic E-state index is -0.186. The second kappa shape index (κ2) is 7.26. The van der Waals surface area contributed by atoms with Crippen LogP contribution in [0.15, 0.2) is 53.5 Å². The lowest BCUT2D eigenvalue weighted by Gasteiger charge is -2.36. The Morgan fingerprint density at radius 1 is 1.07 bits per heavy atom. The molecule has 27 heavy (non-hydrogen) atoms. The molecular formula is C20H23FN6. The average Bonchev–Trinajstić information content (AvgIpc) is 3.03. The Labute approximate surface area is 157 Å². The van der Waals surface area contributed by atoms with Crippen LogP contribution in [0.2, 0.25) is 0 Å². The van der Waals surface area contributed by atoms with Gasteiger partial charge in [0, 0.05) is 33.2 Å². The molecule has 0 radical (unpaired) electrons. The molecular weight excluding hydrogens is 343 g/mol. The van der Waals surface area contributed by atoms with Crippen molar-refractivity contribution in [3.05, 3.63) is 60.2 Å². The summed E-state index contributed by atoms with van der Waals surface area (Å²) in [5.74, 6) is 1.20. The Hall–Kier alpha value is -3.09. The zero-order valence-electron chi connectivity index (χ0n) is 15.3. The van der Waals surface area contributed by atoms with Crippen molar-refractivity contribution in [3.8, 4) is 0 Å². The standard InChI is InChI=1S/C20H23FN6/c1-25-18-9-5-3-7-16(18)24-19(25)14-23-20(22)27-12-10-26(11-13-27)17-8-4-2-6-15(17)21/h2-9H,10-14H2,1H3,(H2,22,23). The van der Waals surface area contributed by atoms with Crippen molar-refractivity contribution in [2.75, 3.05) is 31.1 Å². The van der Waals surface area contributed by atoms with Gasteiger partial charge in [-0.15, -0.1) is 0 Å². The van der Waals surface area contributed by atoms with Crippen LogP contribution >= 0.6 is 0 Å². The molecule has 1 aliphatic heterocycles. The molecule has 0 unspecified atom stereocenters. The summed E-state index contributed by atoms with van der Waals surface area (Å²) in [5, 5.41) is 0. The van der Waals surface area contributed by atoms with Crippen LogP contribution in [0, 0.1) is 5.82 Å². The molecule has 6 nitrogen and oxygen atoms in total. The molecule has 0 bridgehead atoms. The number of benzene rings is 2. The fraction of sp³-hybridized carbons (Fsp3) is 0.300. The minimum Gasteiger partial charge on any atom is -0.370 e. The highest BCUT2D eigenvalue weighted by Gasteiger charge is 2.20. The number of hydrogen-bond acceptors (Lipinski definition) is 3. The maximum atomic E-state index is 14.0. The lowest BCUT2D eigenvalue weighted by Crippen LogP contribution is -2.51. The minimum absolute atomic E-state index is 0.186. The van der Waals surface area contributed by atoms with Gasteiger partial charge >= 0.3 is 0 Å². The van der Waals surface area contributed by atoms with Gasteiger partial charge in [0.15, 0.2) is 5.96 Å². The van der Waals surface area contributed by atoms with Gasteiger partial charge < -0.3 is 20.1 Å². The molecule has 0 amide bonds. The van der Waals surface area contributed by atoms with E-state index in [0.29, 0.717) is 44.4 Å². The lowest BCUT2D eigenvalue weighted by molar-refractivity contribution is 0.378. The molecule has 1 fully saturated rings. The normalized spacial score (nSPS) is 15.6. The van der Waals surface area contributed by atoms with Crippen LogP contribution in [0.25, 0.3) is 11.0 Å². The number of rotatable bonds is 3. The quantitative estimate of drug-likeness (QED) is 0.571. The molecule has 0 atom stereocenters. The number of nitrogens with two attached hydrogens (primary N) is 1. The molecule has 2 heterocycles. The van der Waals surface area contributed by atoms with Gasteiger partial charge in [-0.3, -0.25) is 0 Å². The number of piperazine rings is 1. The van der Waals surface area contributed by atoms with Crippen molar-refractivity contribution >= 4 is 22.7 Å². The zero-order valence-corrected chi connectivity index (χ0v) is 15.3.